The lowest BCUT2D eigenvalue weighted by molar-refractivity contribution is -0.153. The largest absolute Gasteiger partial charge is 0.469 e. The van der Waals surface area contributed by atoms with Crippen molar-refractivity contribution in [1.82, 2.24) is 5.32 Å². The summed E-state index contributed by atoms with van der Waals surface area (Å²) in [5.41, 5.74) is -0.459. The number of carbonyl (C=O) groups excluding carboxylic acids is 2. The first kappa shape index (κ1) is 21.9. The van der Waals surface area contributed by atoms with Gasteiger partial charge in [-0.15, -0.1) is 0 Å². The van der Waals surface area contributed by atoms with E-state index in [-0.39, 0.29) is 17.9 Å². The molecule has 0 radical (unpaired) electrons. The molecule has 2 atom stereocenters. The van der Waals surface area contributed by atoms with E-state index in [1.165, 1.54) is 27.1 Å². The van der Waals surface area contributed by atoms with Crippen LogP contribution in [0.25, 0.3) is 0 Å². The van der Waals surface area contributed by atoms with Gasteiger partial charge < -0.3 is 14.8 Å². The Bertz CT molecular complexity index is 416. The number of carbonyl (C=O) groups is 2. The quantitative estimate of drug-likeness (QED) is 0.607. The molecule has 0 aromatic heterocycles. The third kappa shape index (κ3) is 6.96. The number of ether oxygens (including phenoxy) is 2. The Balaban J connectivity index is 2.59. The summed E-state index contributed by atoms with van der Waals surface area (Å²) in [5.74, 6) is 1.34. The second-order valence-electron chi connectivity index (χ2n) is 8.01. The van der Waals surface area contributed by atoms with E-state index in [2.05, 4.69) is 12.2 Å². The van der Waals surface area contributed by atoms with Crippen molar-refractivity contribution < 1.29 is 19.1 Å². The smallest absolute Gasteiger partial charge is 0.311 e. The number of methoxy groups -OCH3 is 2. The van der Waals surface area contributed by atoms with Gasteiger partial charge in [0.1, 0.15) is 0 Å². The average Bonchev–Trinajstić information content (AvgIpc) is 2.63. The van der Waals surface area contributed by atoms with Gasteiger partial charge in [-0.25, -0.2) is 0 Å². The molecule has 0 aliphatic carbocycles. The third-order valence-corrected chi connectivity index (χ3v) is 6.15. The van der Waals surface area contributed by atoms with Crippen LogP contribution in [0.4, 0.5) is 0 Å². The number of rotatable bonds is 10. The van der Waals surface area contributed by atoms with Crippen molar-refractivity contribution in [2.75, 3.05) is 27.3 Å². The fraction of sp³-hybridized carbons (Fsp3) is 0.900. The number of esters is 2. The van der Waals surface area contributed by atoms with E-state index < -0.39 is 5.41 Å². The molecule has 1 saturated heterocycles. The highest BCUT2D eigenvalue weighted by Crippen LogP contribution is 2.36. The lowest BCUT2D eigenvalue weighted by Gasteiger charge is -2.34. The predicted molar refractivity (Wildman–Crippen MR) is 99.1 cm³/mol. The first-order chi connectivity index (χ1) is 11.8. The molecular weight excluding hydrogens is 318 g/mol. The maximum atomic E-state index is 12.0. The molecule has 0 saturated carbocycles. The number of nitrogens with one attached hydrogen (secondary N) is 1. The van der Waals surface area contributed by atoms with E-state index in [0.717, 1.165) is 38.8 Å². The van der Waals surface area contributed by atoms with Crippen LogP contribution in [0.1, 0.15) is 65.7 Å². The molecule has 0 aromatic carbocycles. The molecule has 0 amide bonds. The highest BCUT2D eigenvalue weighted by Gasteiger charge is 2.35. The van der Waals surface area contributed by atoms with Crippen molar-refractivity contribution in [3.05, 3.63) is 0 Å². The summed E-state index contributed by atoms with van der Waals surface area (Å²) in [6.45, 7) is 8.26. The van der Waals surface area contributed by atoms with E-state index in [4.69, 9.17) is 9.47 Å². The molecule has 0 aromatic rings. The molecule has 2 unspecified atom stereocenters. The Morgan fingerprint density at radius 3 is 2.28 bits per heavy atom. The Morgan fingerprint density at radius 1 is 1.08 bits per heavy atom. The lowest BCUT2D eigenvalue weighted by Crippen LogP contribution is -2.34. The Hall–Kier alpha value is -1.10. The van der Waals surface area contributed by atoms with Crippen LogP contribution in [-0.4, -0.2) is 39.2 Å². The molecule has 1 fully saturated rings. The van der Waals surface area contributed by atoms with Crippen molar-refractivity contribution >= 4 is 11.9 Å². The van der Waals surface area contributed by atoms with Gasteiger partial charge in [-0.1, -0.05) is 6.92 Å². The van der Waals surface area contributed by atoms with Gasteiger partial charge in [0.05, 0.1) is 19.6 Å². The van der Waals surface area contributed by atoms with E-state index in [9.17, 15) is 9.59 Å². The first-order valence-corrected chi connectivity index (χ1v) is 9.68. The molecule has 25 heavy (non-hydrogen) atoms. The minimum absolute atomic E-state index is 0.121. The highest BCUT2D eigenvalue weighted by molar-refractivity contribution is 5.76. The maximum Gasteiger partial charge on any atom is 0.311 e. The molecule has 0 spiro atoms. The van der Waals surface area contributed by atoms with Crippen LogP contribution in [-0.2, 0) is 19.1 Å². The Morgan fingerprint density at radius 2 is 1.72 bits per heavy atom. The van der Waals surface area contributed by atoms with Gasteiger partial charge in [0.25, 0.3) is 0 Å². The van der Waals surface area contributed by atoms with Gasteiger partial charge in [0, 0.05) is 6.42 Å². The van der Waals surface area contributed by atoms with Crippen LogP contribution < -0.4 is 5.32 Å². The molecule has 1 aliphatic rings. The van der Waals surface area contributed by atoms with Crippen LogP contribution >= 0.6 is 0 Å². The van der Waals surface area contributed by atoms with Gasteiger partial charge >= 0.3 is 11.9 Å². The zero-order valence-electron chi connectivity index (χ0n) is 16.7. The zero-order chi connectivity index (χ0) is 18.9. The molecule has 1 aliphatic heterocycles. The van der Waals surface area contributed by atoms with Crippen molar-refractivity contribution in [3.63, 3.8) is 0 Å². The van der Waals surface area contributed by atoms with Gasteiger partial charge in [0.15, 0.2) is 0 Å². The van der Waals surface area contributed by atoms with Crippen LogP contribution in [0.2, 0.25) is 0 Å². The highest BCUT2D eigenvalue weighted by atomic mass is 16.5. The molecule has 1 rings (SSSR count). The third-order valence-electron chi connectivity index (χ3n) is 6.15. The standard InChI is InChI=1S/C20H37NO4/c1-15(20(2,3)19(23)25-5)9-10-16(7-6-8-18(22)24-4)17-11-13-21-14-12-17/h15-17,21H,6-14H2,1-5H3. The SMILES string of the molecule is COC(=O)CCCC(CCC(C)C(C)(C)C(=O)OC)C1CCNCC1. The molecule has 146 valence electrons. The van der Waals surface area contributed by atoms with Crippen LogP contribution in [0.5, 0.6) is 0 Å². The average molecular weight is 356 g/mol. The fourth-order valence-corrected chi connectivity index (χ4v) is 3.83. The number of hydrogen-bond donors (Lipinski definition) is 1. The van der Waals surface area contributed by atoms with Crippen LogP contribution in [0.15, 0.2) is 0 Å². The van der Waals surface area contributed by atoms with E-state index in [1.807, 2.05) is 13.8 Å². The lowest BCUT2D eigenvalue weighted by atomic mass is 9.73. The molecule has 5 nitrogen and oxygen atoms in total. The maximum absolute atomic E-state index is 12.0. The van der Waals surface area contributed by atoms with Gasteiger partial charge in [-0.3, -0.25) is 9.59 Å². The summed E-state index contributed by atoms with van der Waals surface area (Å²) in [7, 11) is 2.91. The summed E-state index contributed by atoms with van der Waals surface area (Å²) in [6.07, 6.45) is 6.97. The second-order valence-corrected chi connectivity index (χ2v) is 8.01. The Kier molecular flexibility index (Phi) is 9.47. The first-order valence-electron chi connectivity index (χ1n) is 9.68. The van der Waals surface area contributed by atoms with Crippen molar-refractivity contribution in [2.45, 2.75) is 65.7 Å². The van der Waals surface area contributed by atoms with Crippen molar-refractivity contribution in [2.24, 2.45) is 23.2 Å². The summed E-state index contributed by atoms with van der Waals surface area (Å²) < 4.78 is 9.72. The predicted octanol–water partition coefficient (Wildman–Crippen LogP) is 3.56. The summed E-state index contributed by atoms with van der Waals surface area (Å²) in [4.78, 5) is 23.4. The second kappa shape index (κ2) is 10.8. The monoisotopic (exact) mass is 355 g/mol. The van der Waals surface area contributed by atoms with E-state index >= 15 is 0 Å². The zero-order valence-corrected chi connectivity index (χ0v) is 16.7. The topological polar surface area (TPSA) is 64.6 Å². The molecular formula is C20H37NO4. The summed E-state index contributed by atoms with van der Waals surface area (Å²) in [5, 5.41) is 3.43. The normalized spacial score (nSPS) is 18.4. The molecule has 5 heteroatoms. The fourth-order valence-electron chi connectivity index (χ4n) is 3.83. The molecule has 1 heterocycles. The van der Waals surface area contributed by atoms with Gasteiger partial charge in [0.2, 0.25) is 0 Å². The van der Waals surface area contributed by atoms with Crippen molar-refractivity contribution in [1.29, 1.82) is 0 Å². The van der Waals surface area contributed by atoms with Crippen LogP contribution in [0, 0.1) is 23.2 Å². The van der Waals surface area contributed by atoms with Gasteiger partial charge in [-0.2, -0.15) is 0 Å². The summed E-state index contributed by atoms with van der Waals surface area (Å²) >= 11 is 0. The van der Waals surface area contributed by atoms with Crippen LogP contribution in [0.3, 0.4) is 0 Å². The van der Waals surface area contributed by atoms with E-state index in [0.29, 0.717) is 18.3 Å². The number of piperidine rings is 1. The van der Waals surface area contributed by atoms with E-state index in [1.54, 1.807) is 0 Å². The van der Waals surface area contributed by atoms with Crippen molar-refractivity contribution in [3.8, 4) is 0 Å². The minimum Gasteiger partial charge on any atom is -0.469 e. The number of hydrogen-bond acceptors (Lipinski definition) is 5. The Labute approximate surface area is 153 Å². The minimum atomic E-state index is -0.459. The van der Waals surface area contributed by atoms with Gasteiger partial charge in [-0.05, 0) is 83.2 Å². The summed E-state index contributed by atoms with van der Waals surface area (Å²) in [6, 6.07) is 0. The molecule has 0 bridgehead atoms. The molecule has 1 N–H and O–H groups in total.